The van der Waals surface area contributed by atoms with Gasteiger partial charge in [-0.2, -0.15) is 0 Å². The molecule has 1 aliphatic carbocycles. The van der Waals surface area contributed by atoms with Crippen LogP contribution < -0.4 is 10.1 Å². The first kappa shape index (κ1) is 13.0. The van der Waals surface area contributed by atoms with Crippen LogP contribution in [0.25, 0.3) is 0 Å². The van der Waals surface area contributed by atoms with Crippen molar-refractivity contribution in [2.75, 3.05) is 19.6 Å². The van der Waals surface area contributed by atoms with Crippen LogP contribution in [-0.2, 0) is 4.79 Å². The zero-order chi connectivity index (χ0) is 14.2. The Morgan fingerprint density at radius 1 is 1.29 bits per heavy atom. The molecule has 6 heteroatoms. The second-order valence-electron chi connectivity index (χ2n) is 6.18. The number of hydrogen-bond donors (Lipinski definition) is 1. The van der Waals surface area contributed by atoms with Crippen LogP contribution in [0.3, 0.4) is 0 Å². The highest BCUT2D eigenvalue weighted by molar-refractivity contribution is 5.77. The molecule has 6 nitrogen and oxygen atoms in total. The van der Waals surface area contributed by atoms with Crippen LogP contribution in [0.2, 0.25) is 0 Å². The molecule has 112 valence electrons. The van der Waals surface area contributed by atoms with Gasteiger partial charge in [0.1, 0.15) is 6.10 Å². The molecule has 21 heavy (non-hydrogen) atoms. The zero-order valence-electron chi connectivity index (χ0n) is 12.0. The van der Waals surface area contributed by atoms with Crippen LogP contribution in [0.15, 0.2) is 12.4 Å². The maximum absolute atomic E-state index is 12.0. The van der Waals surface area contributed by atoms with Gasteiger partial charge >= 0.3 is 0 Å². The molecule has 1 N–H and O–H groups in total. The van der Waals surface area contributed by atoms with Gasteiger partial charge in [0.25, 0.3) is 0 Å². The molecular formula is C15H20N4O2. The van der Waals surface area contributed by atoms with Crippen LogP contribution in [0.1, 0.15) is 37.3 Å². The fourth-order valence-electron chi connectivity index (χ4n) is 3.21. The number of carbonyl (C=O) groups excluding carboxylic acids is 1. The number of hydrogen-bond acceptors (Lipinski definition) is 5. The first-order chi connectivity index (χ1) is 10.3. The molecule has 1 saturated carbocycles. The minimum Gasteiger partial charge on any atom is -0.471 e. The molecule has 3 heterocycles. The van der Waals surface area contributed by atoms with Crippen LogP contribution in [0, 0.1) is 0 Å². The van der Waals surface area contributed by atoms with Gasteiger partial charge in [-0.15, -0.1) is 0 Å². The standard InChI is InChI=1S/C15H20N4O2/c20-15-3-4-16-6-11-5-12(9-19(11)15)21-14-8-17-13(7-18-14)10-1-2-10/h7-8,10-12,16H,1-6,9H2/t11-,12+/m1/s1. The van der Waals surface area contributed by atoms with Crippen molar-refractivity contribution in [3.63, 3.8) is 0 Å². The molecule has 2 atom stereocenters. The summed E-state index contributed by atoms with van der Waals surface area (Å²) in [5.41, 5.74) is 1.07. The Hall–Kier alpha value is -1.69. The molecule has 3 fully saturated rings. The van der Waals surface area contributed by atoms with Crippen LogP contribution in [0.4, 0.5) is 0 Å². The van der Waals surface area contributed by atoms with E-state index in [1.165, 1.54) is 12.8 Å². The molecule has 2 saturated heterocycles. The average molecular weight is 288 g/mol. The van der Waals surface area contributed by atoms with E-state index in [0.717, 1.165) is 25.2 Å². The number of aromatic nitrogens is 2. The molecule has 0 radical (unpaired) electrons. The van der Waals surface area contributed by atoms with Crippen molar-refractivity contribution in [2.24, 2.45) is 0 Å². The molecule has 1 amide bonds. The fraction of sp³-hybridized carbons (Fsp3) is 0.667. The number of nitrogens with one attached hydrogen (secondary N) is 1. The topological polar surface area (TPSA) is 67.3 Å². The van der Waals surface area contributed by atoms with Gasteiger partial charge in [0.2, 0.25) is 11.8 Å². The van der Waals surface area contributed by atoms with Gasteiger partial charge in [-0.05, 0) is 12.8 Å². The summed E-state index contributed by atoms with van der Waals surface area (Å²) in [5, 5.41) is 3.31. The summed E-state index contributed by atoms with van der Waals surface area (Å²) in [7, 11) is 0. The third-order valence-electron chi connectivity index (χ3n) is 4.52. The van der Waals surface area contributed by atoms with Crippen LogP contribution >= 0.6 is 0 Å². The monoisotopic (exact) mass is 288 g/mol. The number of rotatable bonds is 3. The normalized spacial score (nSPS) is 29.1. The number of fused-ring (bicyclic) bond motifs is 1. The molecule has 3 aliphatic rings. The second kappa shape index (κ2) is 5.26. The maximum Gasteiger partial charge on any atom is 0.232 e. The van der Waals surface area contributed by atoms with E-state index in [9.17, 15) is 4.79 Å². The van der Waals surface area contributed by atoms with Crippen LogP contribution in [-0.4, -0.2) is 52.6 Å². The molecule has 0 spiro atoms. The Kier molecular flexibility index (Phi) is 3.25. The average Bonchev–Trinajstić information content (AvgIpc) is 3.28. The largest absolute Gasteiger partial charge is 0.471 e. The van der Waals surface area contributed by atoms with Crippen molar-refractivity contribution >= 4 is 5.91 Å². The van der Waals surface area contributed by atoms with E-state index in [1.54, 1.807) is 6.20 Å². The Balaban J connectivity index is 1.40. The van der Waals surface area contributed by atoms with Crippen molar-refractivity contribution in [1.82, 2.24) is 20.2 Å². The van der Waals surface area contributed by atoms with E-state index >= 15 is 0 Å². The van der Waals surface area contributed by atoms with Gasteiger partial charge in [-0.1, -0.05) is 0 Å². The van der Waals surface area contributed by atoms with E-state index in [-0.39, 0.29) is 18.1 Å². The molecule has 1 aromatic rings. The summed E-state index contributed by atoms with van der Waals surface area (Å²) < 4.78 is 5.92. The zero-order valence-corrected chi connectivity index (χ0v) is 12.0. The summed E-state index contributed by atoms with van der Waals surface area (Å²) in [5.74, 6) is 1.41. The minimum atomic E-state index is 0.0277. The SMILES string of the molecule is O=C1CCNC[C@H]2C[C@H](Oc3cnc(C4CC4)cn3)CN12. The first-order valence-corrected chi connectivity index (χ1v) is 7.78. The van der Waals surface area contributed by atoms with E-state index in [1.807, 2.05) is 11.1 Å². The van der Waals surface area contributed by atoms with Crippen molar-refractivity contribution in [3.05, 3.63) is 18.1 Å². The number of ether oxygens (including phenoxy) is 1. The van der Waals surface area contributed by atoms with Crippen molar-refractivity contribution in [3.8, 4) is 5.88 Å². The molecule has 0 bridgehead atoms. The molecule has 4 rings (SSSR count). The minimum absolute atomic E-state index is 0.0277. The number of nitrogens with zero attached hydrogens (tertiary/aromatic N) is 3. The van der Waals surface area contributed by atoms with E-state index in [4.69, 9.17) is 4.74 Å². The third-order valence-corrected chi connectivity index (χ3v) is 4.52. The Labute approximate surface area is 123 Å². The molecular weight excluding hydrogens is 268 g/mol. The summed E-state index contributed by atoms with van der Waals surface area (Å²) in [4.78, 5) is 22.8. The number of carbonyl (C=O) groups is 1. The number of amides is 1. The van der Waals surface area contributed by atoms with Gasteiger partial charge in [0.05, 0.1) is 24.6 Å². The molecule has 2 aliphatic heterocycles. The van der Waals surface area contributed by atoms with Crippen molar-refractivity contribution in [1.29, 1.82) is 0 Å². The lowest BCUT2D eigenvalue weighted by Gasteiger charge is -2.20. The predicted octanol–water partition coefficient (Wildman–Crippen LogP) is 0.696. The van der Waals surface area contributed by atoms with Gasteiger partial charge in [0, 0.05) is 37.9 Å². The van der Waals surface area contributed by atoms with E-state index in [0.29, 0.717) is 24.8 Å². The molecule has 1 aromatic heterocycles. The lowest BCUT2D eigenvalue weighted by molar-refractivity contribution is -0.131. The lowest BCUT2D eigenvalue weighted by atomic mass is 10.2. The Morgan fingerprint density at radius 2 is 2.19 bits per heavy atom. The third kappa shape index (κ3) is 2.72. The van der Waals surface area contributed by atoms with E-state index in [2.05, 4.69) is 15.3 Å². The first-order valence-electron chi connectivity index (χ1n) is 7.78. The highest BCUT2D eigenvalue weighted by Gasteiger charge is 2.37. The highest BCUT2D eigenvalue weighted by Crippen LogP contribution is 2.38. The predicted molar refractivity (Wildman–Crippen MR) is 76.0 cm³/mol. The van der Waals surface area contributed by atoms with Gasteiger partial charge in [0.15, 0.2) is 0 Å². The lowest BCUT2D eigenvalue weighted by Crippen LogP contribution is -2.37. The Morgan fingerprint density at radius 3 is 2.95 bits per heavy atom. The van der Waals surface area contributed by atoms with Crippen molar-refractivity contribution < 1.29 is 9.53 Å². The van der Waals surface area contributed by atoms with Gasteiger partial charge in [-0.25, -0.2) is 4.98 Å². The second-order valence-corrected chi connectivity index (χ2v) is 6.18. The summed E-state index contributed by atoms with van der Waals surface area (Å²) in [6, 6.07) is 0.253. The summed E-state index contributed by atoms with van der Waals surface area (Å²) >= 11 is 0. The van der Waals surface area contributed by atoms with Gasteiger partial charge < -0.3 is 15.0 Å². The van der Waals surface area contributed by atoms with Crippen LogP contribution in [0.5, 0.6) is 5.88 Å². The molecule has 0 unspecified atom stereocenters. The maximum atomic E-state index is 12.0. The Bertz CT molecular complexity index is 529. The van der Waals surface area contributed by atoms with E-state index < -0.39 is 0 Å². The fourth-order valence-corrected chi connectivity index (χ4v) is 3.21. The quantitative estimate of drug-likeness (QED) is 0.886. The summed E-state index contributed by atoms with van der Waals surface area (Å²) in [6.07, 6.45) is 7.47. The van der Waals surface area contributed by atoms with Gasteiger partial charge in [-0.3, -0.25) is 9.78 Å². The van der Waals surface area contributed by atoms with Crippen molar-refractivity contribution in [2.45, 2.75) is 43.7 Å². The highest BCUT2D eigenvalue weighted by atomic mass is 16.5. The smallest absolute Gasteiger partial charge is 0.232 e. The molecule has 0 aromatic carbocycles. The summed E-state index contributed by atoms with van der Waals surface area (Å²) in [6.45, 7) is 2.31.